The summed E-state index contributed by atoms with van der Waals surface area (Å²) < 4.78 is 38.8. The van der Waals surface area contributed by atoms with Crippen LogP contribution in [-0.4, -0.2) is 66.2 Å². The average Bonchev–Trinajstić information content (AvgIpc) is 2.70. The smallest absolute Gasteiger partial charge is 0.369 e. The van der Waals surface area contributed by atoms with Gasteiger partial charge >= 0.3 is 6.18 Å². The molecule has 30 heavy (non-hydrogen) atoms. The molecule has 0 amide bonds. The van der Waals surface area contributed by atoms with Gasteiger partial charge in [-0.25, -0.2) is 9.97 Å². The van der Waals surface area contributed by atoms with Gasteiger partial charge in [0.05, 0.1) is 18.0 Å². The Kier molecular flexibility index (Phi) is 7.52. The highest BCUT2D eigenvalue weighted by Crippen LogP contribution is 2.38. The highest BCUT2D eigenvalue weighted by atomic mass is 19.4. The predicted molar refractivity (Wildman–Crippen MR) is 114 cm³/mol. The Hall–Kier alpha value is -1.93. The van der Waals surface area contributed by atoms with Crippen LogP contribution < -0.4 is 5.32 Å². The van der Waals surface area contributed by atoms with E-state index in [1.54, 1.807) is 0 Å². The first kappa shape index (κ1) is 22.7. The van der Waals surface area contributed by atoms with E-state index in [1.807, 2.05) is 31.3 Å². The normalized spacial score (nSPS) is 20.3. The number of nitrogens with zero attached hydrogens (tertiary/aromatic N) is 4. The molecule has 1 aliphatic rings. The zero-order valence-electron chi connectivity index (χ0n) is 18.0. The van der Waals surface area contributed by atoms with Crippen molar-refractivity contribution in [3.8, 4) is 0 Å². The van der Waals surface area contributed by atoms with Crippen LogP contribution in [0.25, 0.3) is 10.9 Å². The fourth-order valence-electron chi connectivity index (χ4n) is 4.13. The molecule has 0 spiro atoms. The monoisotopic (exact) mass is 423 g/mol. The van der Waals surface area contributed by atoms with E-state index in [1.165, 1.54) is 0 Å². The lowest BCUT2D eigenvalue weighted by molar-refractivity contribution is -0.184. The van der Waals surface area contributed by atoms with Crippen LogP contribution in [0.2, 0.25) is 0 Å². The summed E-state index contributed by atoms with van der Waals surface area (Å²) in [4.78, 5) is 13.7. The number of nitrogens with one attached hydrogen (secondary N) is 1. The third-order valence-corrected chi connectivity index (χ3v) is 5.90. The van der Waals surface area contributed by atoms with Crippen LogP contribution in [-0.2, 0) is 6.54 Å². The van der Waals surface area contributed by atoms with E-state index in [4.69, 9.17) is 9.97 Å². The predicted octanol–water partition coefficient (Wildman–Crippen LogP) is 4.55. The lowest BCUT2D eigenvalue weighted by Crippen LogP contribution is -2.38. The third-order valence-electron chi connectivity index (χ3n) is 5.90. The number of hydrogen-bond acceptors (Lipinski definition) is 5. The van der Waals surface area contributed by atoms with E-state index < -0.39 is 12.1 Å². The first-order valence-electron chi connectivity index (χ1n) is 10.6. The minimum absolute atomic E-state index is 0.134. The molecule has 0 aliphatic heterocycles. The van der Waals surface area contributed by atoms with Gasteiger partial charge in [-0.3, -0.25) is 4.90 Å². The van der Waals surface area contributed by atoms with Gasteiger partial charge in [0, 0.05) is 18.0 Å². The molecule has 0 saturated heterocycles. The Labute approximate surface area is 176 Å². The molecule has 1 aliphatic carbocycles. The SMILES string of the molecule is CN(C)CCCNc1nc(CN(C)C2CCC(C(F)(F)F)CC2)nc2ccccc12. The summed E-state index contributed by atoms with van der Waals surface area (Å²) >= 11 is 0. The van der Waals surface area contributed by atoms with Gasteiger partial charge in [-0.1, -0.05) is 12.1 Å². The number of fused-ring (bicyclic) bond motifs is 1. The van der Waals surface area contributed by atoms with Crippen molar-refractivity contribution < 1.29 is 13.2 Å². The molecule has 1 aromatic heterocycles. The first-order chi connectivity index (χ1) is 14.2. The van der Waals surface area contributed by atoms with Crippen molar-refractivity contribution in [1.29, 1.82) is 0 Å². The summed E-state index contributed by atoms with van der Waals surface area (Å²) in [5.41, 5.74) is 0.881. The summed E-state index contributed by atoms with van der Waals surface area (Å²) in [5.74, 6) is 0.366. The van der Waals surface area contributed by atoms with Crippen LogP contribution in [0.1, 0.15) is 37.9 Å². The number of halogens is 3. The largest absolute Gasteiger partial charge is 0.391 e. The maximum atomic E-state index is 12.9. The van der Waals surface area contributed by atoms with Crippen LogP contribution in [0.5, 0.6) is 0 Å². The van der Waals surface area contributed by atoms with Gasteiger partial charge in [-0.05, 0) is 71.9 Å². The molecule has 1 saturated carbocycles. The zero-order valence-corrected chi connectivity index (χ0v) is 18.0. The minimum Gasteiger partial charge on any atom is -0.369 e. The van der Waals surface area contributed by atoms with E-state index in [9.17, 15) is 13.2 Å². The second-order valence-electron chi connectivity index (χ2n) is 8.55. The molecule has 0 atom stereocenters. The fraction of sp³-hybridized carbons (Fsp3) is 0.636. The third kappa shape index (κ3) is 6.04. The molecule has 8 heteroatoms. The Morgan fingerprint density at radius 2 is 1.73 bits per heavy atom. The molecule has 0 radical (unpaired) electrons. The second kappa shape index (κ2) is 9.92. The molecule has 166 valence electrons. The molecular formula is C22H32F3N5. The van der Waals surface area contributed by atoms with Gasteiger partial charge in [-0.2, -0.15) is 13.2 Å². The zero-order chi connectivity index (χ0) is 21.7. The van der Waals surface area contributed by atoms with Gasteiger partial charge in [0.1, 0.15) is 11.6 Å². The number of anilines is 1. The van der Waals surface area contributed by atoms with Crippen LogP contribution in [0, 0.1) is 5.92 Å². The van der Waals surface area contributed by atoms with Gasteiger partial charge in [-0.15, -0.1) is 0 Å². The molecule has 1 heterocycles. The van der Waals surface area contributed by atoms with Crippen molar-refractivity contribution in [3.05, 3.63) is 30.1 Å². The van der Waals surface area contributed by atoms with Gasteiger partial charge in [0.25, 0.3) is 0 Å². The van der Waals surface area contributed by atoms with Crippen LogP contribution in [0.3, 0.4) is 0 Å². The highest BCUT2D eigenvalue weighted by molar-refractivity contribution is 5.88. The summed E-state index contributed by atoms with van der Waals surface area (Å²) in [5, 5.41) is 4.42. The standard InChI is InChI=1S/C22H32F3N5/c1-29(2)14-6-13-26-21-18-7-4-5-8-19(18)27-20(28-21)15-30(3)17-11-9-16(10-12-17)22(23,24)25/h4-5,7-8,16-17H,6,9-15H2,1-3H3,(H,26,27,28). The molecule has 1 aromatic carbocycles. The van der Waals surface area contributed by atoms with E-state index in [0.717, 1.165) is 36.2 Å². The summed E-state index contributed by atoms with van der Waals surface area (Å²) in [6.07, 6.45) is -1.54. The average molecular weight is 424 g/mol. The number of alkyl halides is 3. The van der Waals surface area contributed by atoms with Crippen molar-refractivity contribution >= 4 is 16.7 Å². The highest BCUT2D eigenvalue weighted by Gasteiger charge is 2.41. The lowest BCUT2D eigenvalue weighted by atomic mass is 9.85. The maximum absolute atomic E-state index is 12.9. The van der Waals surface area contributed by atoms with E-state index in [-0.39, 0.29) is 18.9 Å². The first-order valence-corrected chi connectivity index (χ1v) is 10.6. The van der Waals surface area contributed by atoms with Crippen molar-refractivity contribution in [2.24, 2.45) is 5.92 Å². The summed E-state index contributed by atoms with van der Waals surface area (Å²) in [6.45, 7) is 2.33. The van der Waals surface area contributed by atoms with Crippen molar-refractivity contribution in [3.63, 3.8) is 0 Å². The molecular weight excluding hydrogens is 391 g/mol. The number of benzene rings is 1. The molecule has 0 bridgehead atoms. The number of hydrogen-bond donors (Lipinski definition) is 1. The number of para-hydroxylation sites is 1. The number of rotatable bonds is 8. The summed E-state index contributed by atoms with van der Waals surface area (Å²) in [6, 6.07) is 8.05. The summed E-state index contributed by atoms with van der Waals surface area (Å²) in [7, 11) is 6.06. The van der Waals surface area contributed by atoms with Crippen LogP contribution >= 0.6 is 0 Å². The quantitative estimate of drug-likeness (QED) is 0.632. The molecule has 3 rings (SSSR count). The molecule has 1 N–H and O–H groups in total. The minimum atomic E-state index is -4.07. The Balaban J connectivity index is 1.66. The molecule has 2 aromatic rings. The Morgan fingerprint density at radius 1 is 1.03 bits per heavy atom. The lowest BCUT2D eigenvalue weighted by Gasteiger charge is -2.35. The van der Waals surface area contributed by atoms with E-state index >= 15 is 0 Å². The van der Waals surface area contributed by atoms with Gasteiger partial charge < -0.3 is 10.2 Å². The Morgan fingerprint density at radius 3 is 2.40 bits per heavy atom. The maximum Gasteiger partial charge on any atom is 0.391 e. The van der Waals surface area contributed by atoms with Gasteiger partial charge in [0.2, 0.25) is 0 Å². The van der Waals surface area contributed by atoms with Crippen molar-refractivity contribution in [1.82, 2.24) is 19.8 Å². The number of aromatic nitrogens is 2. The fourth-order valence-corrected chi connectivity index (χ4v) is 4.13. The van der Waals surface area contributed by atoms with Crippen molar-refractivity contribution in [2.45, 2.75) is 50.9 Å². The van der Waals surface area contributed by atoms with E-state index in [2.05, 4.69) is 29.2 Å². The van der Waals surface area contributed by atoms with Crippen LogP contribution in [0.15, 0.2) is 24.3 Å². The van der Waals surface area contributed by atoms with Crippen molar-refractivity contribution in [2.75, 3.05) is 39.5 Å². The molecule has 0 unspecified atom stereocenters. The topological polar surface area (TPSA) is 44.3 Å². The molecule has 1 fully saturated rings. The van der Waals surface area contributed by atoms with E-state index in [0.29, 0.717) is 25.2 Å². The van der Waals surface area contributed by atoms with Gasteiger partial charge in [0.15, 0.2) is 0 Å². The van der Waals surface area contributed by atoms with Crippen LogP contribution in [0.4, 0.5) is 19.0 Å². The Bertz CT molecular complexity index is 816. The molecule has 5 nitrogen and oxygen atoms in total. The second-order valence-corrected chi connectivity index (χ2v) is 8.55.